The first kappa shape index (κ1) is 7.99. The van der Waals surface area contributed by atoms with Crippen LogP contribution in [0, 0.1) is 0 Å². The third-order valence-electron chi connectivity index (χ3n) is 0.745. The van der Waals surface area contributed by atoms with Crippen molar-refractivity contribution in [2.75, 3.05) is 13.1 Å². The average Bonchev–Trinajstić information content (AvgIpc) is 1.65. The van der Waals surface area contributed by atoms with Gasteiger partial charge in [-0.3, -0.25) is 0 Å². The molecule has 0 heterocycles. The molecule has 4 heteroatoms. The Kier molecular flexibility index (Phi) is 3.92. The molecule has 0 rings (SSSR count). The van der Waals surface area contributed by atoms with Gasteiger partial charge in [-0.2, -0.15) is 0 Å². The fraction of sp³-hybridized carbons (Fsp3) is 0.750. The monoisotopic (exact) mass is 179 g/mol. The molecule has 0 saturated carbocycles. The SMILES string of the molecule is CCN([AsH2])CC(=O)O. The average molecular weight is 179 g/mol. The molecule has 0 saturated heterocycles. The zero-order valence-electron chi connectivity index (χ0n) is 4.79. The van der Waals surface area contributed by atoms with Crippen molar-refractivity contribution in [1.82, 2.24) is 3.82 Å². The molecule has 1 atom stereocenters. The third-order valence-corrected chi connectivity index (χ3v) is 1.89. The Hall–Kier alpha value is -0.0116. The van der Waals surface area contributed by atoms with E-state index in [1.807, 2.05) is 6.92 Å². The summed E-state index contributed by atoms with van der Waals surface area (Å²) in [6.07, 6.45) is 0. The number of carboxylic acids is 1. The maximum atomic E-state index is 9.94. The molecular formula is C4H10AsNO2. The molecule has 0 aliphatic heterocycles. The second-order valence-corrected chi connectivity index (χ2v) is 2.99. The Balaban J connectivity index is 3.24. The topological polar surface area (TPSA) is 40.5 Å². The van der Waals surface area contributed by atoms with Gasteiger partial charge in [0.2, 0.25) is 0 Å². The van der Waals surface area contributed by atoms with Crippen LogP contribution in [0.15, 0.2) is 0 Å². The molecule has 0 aromatic heterocycles. The van der Waals surface area contributed by atoms with E-state index >= 15 is 0 Å². The van der Waals surface area contributed by atoms with Gasteiger partial charge < -0.3 is 0 Å². The fourth-order valence-electron chi connectivity index (χ4n) is 0.286. The van der Waals surface area contributed by atoms with Crippen LogP contribution < -0.4 is 0 Å². The summed E-state index contributed by atoms with van der Waals surface area (Å²) in [6, 6.07) is 0. The van der Waals surface area contributed by atoms with E-state index in [9.17, 15) is 4.79 Å². The minimum atomic E-state index is -0.753. The zero-order valence-corrected chi connectivity index (χ0v) is 7.22. The van der Waals surface area contributed by atoms with Crippen LogP contribution in [0.1, 0.15) is 6.92 Å². The number of aliphatic carboxylic acids is 1. The van der Waals surface area contributed by atoms with Gasteiger partial charge in [-0.05, 0) is 0 Å². The molecule has 8 heavy (non-hydrogen) atoms. The Labute approximate surface area is 57.4 Å². The van der Waals surface area contributed by atoms with Crippen LogP contribution in [-0.2, 0) is 4.79 Å². The molecule has 0 spiro atoms. The van der Waals surface area contributed by atoms with Gasteiger partial charge in [0.1, 0.15) is 0 Å². The van der Waals surface area contributed by atoms with E-state index in [0.29, 0.717) is 0 Å². The second-order valence-electron chi connectivity index (χ2n) is 1.46. The van der Waals surface area contributed by atoms with E-state index < -0.39 is 5.97 Å². The first-order valence-electron chi connectivity index (χ1n) is 2.38. The Bertz CT molecular complexity index is 86.1. The normalized spacial score (nSPS) is 9.88. The molecule has 0 amide bonds. The van der Waals surface area contributed by atoms with Crippen LogP contribution >= 0.6 is 0 Å². The van der Waals surface area contributed by atoms with Crippen LogP contribution in [0.2, 0.25) is 0 Å². The predicted molar refractivity (Wildman–Crippen MR) is 33.4 cm³/mol. The molecule has 0 aliphatic rings. The first-order chi connectivity index (χ1) is 3.66. The van der Waals surface area contributed by atoms with Crippen LogP contribution in [0.5, 0.6) is 0 Å². The number of likely N-dealkylation sites (N-methyl/N-ethyl adjacent to an activating group) is 1. The van der Waals surface area contributed by atoms with Crippen LogP contribution in [-0.4, -0.2) is 45.1 Å². The molecule has 0 aliphatic carbocycles. The predicted octanol–water partition coefficient (Wildman–Crippen LogP) is -1.06. The summed E-state index contributed by atoms with van der Waals surface area (Å²) in [4.78, 5) is 9.94. The molecule has 0 aromatic carbocycles. The standard InChI is InChI=1S/C4H10AsNO2/c1-2-6(5)3-4(7)8/h2-3,5H2,1H3,(H,7,8). The van der Waals surface area contributed by atoms with Crippen molar-refractivity contribution in [2.45, 2.75) is 6.92 Å². The number of nitrogens with zero attached hydrogens (tertiary/aromatic N) is 1. The van der Waals surface area contributed by atoms with E-state index in [-0.39, 0.29) is 6.54 Å². The van der Waals surface area contributed by atoms with Crippen LogP contribution in [0.4, 0.5) is 0 Å². The molecule has 0 fully saturated rings. The van der Waals surface area contributed by atoms with Crippen LogP contribution in [0.3, 0.4) is 0 Å². The quantitative estimate of drug-likeness (QED) is 0.561. The summed E-state index contributed by atoms with van der Waals surface area (Å²) in [5.74, 6) is -0.753. The molecule has 0 aromatic rings. The zero-order chi connectivity index (χ0) is 6.57. The number of hydrogen-bond acceptors (Lipinski definition) is 2. The van der Waals surface area contributed by atoms with E-state index in [1.54, 1.807) is 3.82 Å². The molecule has 48 valence electrons. The van der Waals surface area contributed by atoms with E-state index in [4.69, 9.17) is 5.11 Å². The first-order valence-corrected chi connectivity index (χ1v) is 3.46. The summed E-state index contributed by atoms with van der Waals surface area (Å²) >= 11 is 1.35. The van der Waals surface area contributed by atoms with Gasteiger partial charge in [0.05, 0.1) is 0 Å². The number of carboxylic acid groups (broad SMARTS) is 1. The molecule has 1 N–H and O–H groups in total. The van der Waals surface area contributed by atoms with E-state index in [1.165, 1.54) is 17.1 Å². The van der Waals surface area contributed by atoms with Crippen molar-refractivity contribution in [3.63, 3.8) is 0 Å². The number of hydrogen-bond donors (Lipinski definition) is 1. The van der Waals surface area contributed by atoms with Crippen molar-refractivity contribution in [3.05, 3.63) is 0 Å². The van der Waals surface area contributed by atoms with Gasteiger partial charge >= 0.3 is 56.8 Å². The van der Waals surface area contributed by atoms with Gasteiger partial charge in [0, 0.05) is 0 Å². The third kappa shape index (κ3) is 4.16. The summed E-state index contributed by atoms with van der Waals surface area (Å²) in [5.41, 5.74) is 0. The molecule has 1 unspecified atom stereocenters. The van der Waals surface area contributed by atoms with Crippen molar-refractivity contribution < 1.29 is 9.90 Å². The molecule has 0 bridgehead atoms. The van der Waals surface area contributed by atoms with Crippen LogP contribution in [0.25, 0.3) is 0 Å². The van der Waals surface area contributed by atoms with Crippen molar-refractivity contribution in [3.8, 4) is 0 Å². The second kappa shape index (κ2) is 3.93. The van der Waals surface area contributed by atoms with Gasteiger partial charge in [-0.15, -0.1) is 0 Å². The number of rotatable bonds is 3. The van der Waals surface area contributed by atoms with Gasteiger partial charge in [0.25, 0.3) is 0 Å². The Morgan fingerprint density at radius 1 is 1.88 bits per heavy atom. The van der Waals surface area contributed by atoms with Crippen molar-refractivity contribution in [2.24, 2.45) is 0 Å². The summed E-state index contributed by atoms with van der Waals surface area (Å²) in [5, 5.41) is 8.18. The minimum absolute atomic E-state index is 0.163. The molecule has 0 radical (unpaired) electrons. The van der Waals surface area contributed by atoms with Gasteiger partial charge in [-0.25, -0.2) is 0 Å². The Morgan fingerprint density at radius 3 is 2.50 bits per heavy atom. The summed E-state index contributed by atoms with van der Waals surface area (Å²) < 4.78 is 1.79. The molecular weight excluding hydrogens is 169 g/mol. The van der Waals surface area contributed by atoms with Crippen molar-refractivity contribution in [1.29, 1.82) is 0 Å². The van der Waals surface area contributed by atoms with E-state index in [0.717, 1.165) is 6.54 Å². The van der Waals surface area contributed by atoms with Crippen molar-refractivity contribution >= 4 is 23.0 Å². The molecule has 3 nitrogen and oxygen atoms in total. The summed E-state index contributed by atoms with van der Waals surface area (Å²) in [7, 11) is 0. The maximum absolute atomic E-state index is 9.94. The fourth-order valence-corrected chi connectivity index (χ4v) is 0.613. The summed E-state index contributed by atoms with van der Waals surface area (Å²) in [6.45, 7) is 2.91. The number of carbonyl (C=O) groups is 1. The van der Waals surface area contributed by atoms with E-state index in [2.05, 4.69) is 0 Å². The van der Waals surface area contributed by atoms with Gasteiger partial charge in [0.15, 0.2) is 0 Å². The Morgan fingerprint density at radius 2 is 2.38 bits per heavy atom. The van der Waals surface area contributed by atoms with Gasteiger partial charge in [-0.1, -0.05) is 0 Å².